The lowest BCUT2D eigenvalue weighted by Crippen LogP contribution is -2.29. The third-order valence-corrected chi connectivity index (χ3v) is 21.2. The van der Waals surface area contributed by atoms with E-state index in [2.05, 4.69) is 369 Å². The molecular formula is C90H66N2S2. The second kappa shape index (κ2) is 25.0. The van der Waals surface area contributed by atoms with Crippen molar-refractivity contribution in [1.82, 2.24) is 0 Å². The molecule has 0 bridgehead atoms. The summed E-state index contributed by atoms with van der Waals surface area (Å²) in [6, 6.07) is 121. The summed E-state index contributed by atoms with van der Waals surface area (Å²) >= 11 is 3.57. The largest absolute Gasteiger partial charge is 0.311 e. The second-order valence-corrected chi connectivity index (χ2v) is 26.6. The van der Waals surface area contributed by atoms with Gasteiger partial charge in [-0.15, -0.1) is 0 Å². The number of benzene rings is 13. The minimum absolute atomic E-state index is 0.182. The fourth-order valence-corrected chi connectivity index (χ4v) is 16.5. The van der Waals surface area contributed by atoms with Crippen LogP contribution in [0.2, 0.25) is 0 Å². The van der Waals surface area contributed by atoms with Gasteiger partial charge in [0.2, 0.25) is 0 Å². The quantitative estimate of drug-likeness (QED) is 0.0896. The molecule has 4 heteroatoms. The van der Waals surface area contributed by atoms with E-state index in [0.29, 0.717) is 0 Å². The Kier molecular flexibility index (Phi) is 15.5. The van der Waals surface area contributed by atoms with E-state index in [1.54, 1.807) is 23.5 Å². The molecule has 0 spiro atoms. The monoisotopic (exact) mass is 1240 g/mol. The molecular weight excluding hydrogens is 1170 g/mol. The van der Waals surface area contributed by atoms with Crippen LogP contribution in [-0.4, -0.2) is 0 Å². The van der Waals surface area contributed by atoms with Crippen molar-refractivity contribution in [1.29, 1.82) is 0 Å². The summed E-state index contributed by atoms with van der Waals surface area (Å²) < 4.78 is 0. The molecule has 94 heavy (non-hydrogen) atoms. The van der Waals surface area contributed by atoms with Crippen LogP contribution >= 0.6 is 23.5 Å². The highest BCUT2D eigenvalue weighted by Gasteiger charge is 2.48. The Hall–Kier alpha value is -10.9. The number of para-hydroxylation sites is 2. The number of rotatable bonds is 17. The van der Waals surface area contributed by atoms with Gasteiger partial charge >= 0.3 is 0 Å². The summed E-state index contributed by atoms with van der Waals surface area (Å²) in [6.45, 7) is 7.91. The Bertz CT molecular complexity index is 4990. The number of hydrogen-bond donors (Lipinski definition) is 0. The molecule has 0 aliphatic heterocycles. The topological polar surface area (TPSA) is 6.48 Å². The van der Waals surface area contributed by atoms with Gasteiger partial charge in [0.15, 0.2) is 0 Å². The van der Waals surface area contributed by atoms with Crippen LogP contribution in [0.5, 0.6) is 0 Å². The zero-order valence-electron chi connectivity index (χ0n) is 52.0. The maximum atomic E-state index is 3.96. The van der Waals surface area contributed by atoms with Gasteiger partial charge < -0.3 is 9.80 Å². The Morgan fingerprint density at radius 2 is 0.670 bits per heavy atom. The van der Waals surface area contributed by atoms with Gasteiger partial charge in [0.1, 0.15) is 0 Å². The van der Waals surface area contributed by atoms with Crippen molar-refractivity contribution in [3.8, 4) is 22.3 Å². The molecule has 0 aromatic heterocycles. The van der Waals surface area contributed by atoms with Crippen molar-refractivity contribution in [2.75, 3.05) is 9.80 Å². The lowest BCUT2D eigenvalue weighted by atomic mass is 9.67. The molecule has 448 valence electrons. The van der Waals surface area contributed by atoms with E-state index >= 15 is 0 Å². The molecule has 0 radical (unpaired) electrons. The van der Waals surface area contributed by atoms with Crippen molar-refractivity contribution in [3.63, 3.8) is 0 Å². The molecule has 0 saturated heterocycles. The van der Waals surface area contributed by atoms with Gasteiger partial charge in [-0.3, -0.25) is 0 Å². The van der Waals surface area contributed by atoms with Crippen LogP contribution in [0.15, 0.2) is 384 Å². The van der Waals surface area contributed by atoms with Crippen molar-refractivity contribution in [2.24, 2.45) is 0 Å². The first-order valence-electron chi connectivity index (χ1n) is 32.3. The van der Waals surface area contributed by atoms with Gasteiger partial charge in [0.05, 0.1) is 10.8 Å². The Labute approximate surface area is 560 Å². The zero-order chi connectivity index (χ0) is 63.0. The fourth-order valence-electron chi connectivity index (χ4n) is 14.9. The van der Waals surface area contributed by atoms with Crippen LogP contribution in [0, 0.1) is 0 Å². The van der Waals surface area contributed by atoms with E-state index < -0.39 is 10.8 Å². The average Bonchev–Trinajstić information content (AvgIpc) is 1.54. The van der Waals surface area contributed by atoms with E-state index in [1.807, 2.05) is 12.2 Å². The Morgan fingerprint density at radius 1 is 0.319 bits per heavy atom. The molecule has 2 nitrogen and oxygen atoms in total. The first kappa shape index (κ1) is 58.2. The van der Waals surface area contributed by atoms with E-state index in [1.165, 1.54) is 91.9 Å². The van der Waals surface area contributed by atoms with Crippen LogP contribution < -0.4 is 9.80 Å². The van der Waals surface area contributed by atoms with Crippen molar-refractivity contribution >= 4 is 64.1 Å². The number of anilines is 5. The lowest BCUT2D eigenvalue weighted by molar-refractivity contribution is 0.767. The van der Waals surface area contributed by atoms with Gasteiger partial charge in [0, 0.05) is 59.6 Å². The van der Waals surface area contributed by atoms with Crippen LogP contribution in [0.1, 0.15) is 73.5 Å². The molecule has 3 aliphatic carbocycles. The molecule has 0 amide bonds. The summed E-state index contributed by atoms with van der Waals surface area (Å²) in [7, 11) is 0. The van der Waals surface area contributed by atoms with Gasteiger partial charge in [-0.2, -0.15) is 0 Å². The number of nitrogens with zero attached hydrogens (tertiary/aromatic N) is 2. The number of hydrogen-bond acceptors (Lipinski definition) is 4. The average molecular weight is 1240 g/mol. The SMILES string of the molecule is C=Cc1ccc(Sc2ccc(C3(c4ccccc4)c4ccccc4-c4ccc(N(C5=CCC(c6ccc(N(c7ccccc7)c7ccc8c(c7)C(c7ccccc7)(c7ccc(Sc9ccc(C=C)cc9)cc7)c7ccccc7-8)cc6)C=C5)c5ccccc5)cc43)cc2)cc1. The van der Waals surface area contributed by atoms with Crippen LogP contribution in [-0.2, 0) is 10.8 Å². The highest BCUT2D eigenvalue weighted by Crippen LogP contribution is 2.59. The van der Waals surface area contributed by atoms with Crippen LogP contribution in [0.3, 0.4) is 0 Å². The van der Waals surface area contributed by atoms with Gasteiger partial charge in [0.25, 0.3) is 0 Å². The Morgan fingerprint density at radius 3 is 1.10 bits per heavy atom. The highest BCUT2D eigenvalue weighted by molar-refractivity contribution is 7.99. The summed E-state index contributed by atoms with van der Waals surface area (Å²) in [6.07, 6.45) is 11.8. The molecule has 16 rings (SSSR count). The normalized spacial score (nSPS) is 16.4. The van der Waals surface area contributed by atoms with Crippen molar-refractivity contribution in [2.45, 2.75) is 42.8 Å². The zero-order valence-corrected chi connectivity index (χ0v) is 53.6. The minimum atomic E-state index is -0.578. The van der Waals surface area contributed by atoms with Crippen LogP contribution in [0.4, 0.5) is 28.4 Å². The standard InChI is InChI=1S/C90H66N2S2/c1-3-63-33-51-77(52-34-63)93-79-55-41-69(42-56-79)89(67-21-9-5-10-22-67)85-31-19-17-29-81(85)83-59-49-75(61-87(83)89)91(71-25-13-7-14-26-71)73-45-37-65(38-46-73)66-39-47-74(48-40-66)92(72-27-15-8-16-28-72)76-50-60-84-82-30-18-20-32-86(82)90(88(84)62-76,68-23-11-6-12-24-68)70-43-57-80(58-44-70)94-78-53-35-64(4-2)36-54-78/h3-39,41-62,66H,1-2,40H2. The third-order valence-electron chi connectivity index (χ3n) is 19.2. The molecule has 3 unspecified atom stereocenters. The van der Waals surface area contributed by atoms with E-state index in [9.17, 15) is 0 Å². The van der Waals surface area contributed by atoms with Gasteiger partial charge in [-0.1, -0.05) is 279 Å². The Balaban J connectivity index is 0.731. The second-order valence-electron chi connectivity index (χ2n) is 24.3. The van der Waals surface area contributed by atoms with E-state index in [-0.39, 0.29) is 5.92 Å². The predicted octanol–water partition coefficient (Wildman–Crippen LogP) is 24.2. The maximum absolute atomic E-state index is 3.96. The fraction of sp³-hybridized carbons (Fsp3) is 0.0444. The van der Waals surface area contributed by atoms with Crippen LogP contribution in [0.25, 0.3) is 34.4 Å². The van der Waals surface area contributed by atoms with Crippen molar-refractivity contribution in [3.05, 3.63) is 426 Å². The highest BCUT2D eigenvalue weighted by atomic mass is 32.2. The third kappa shape index (κ3) is 10.3. The molecule has 0 heterocycles. The molecule has 0 fully saturated rings. The summed E-state index contributed by atoms with van der Waals surface area (Å²) in [5.74, 6) is 0.182. The summed E-state index contributed by atoms with van der Waals surface area (Å²) in [5, 5.41) is 0. The first-order chi connectivity index (χ1) is 46.5. The smallest absolute Gasteiger partial charge is 0.0714 e. The van der Waals surface area contributed by atoms with Gasteiger partial charge in [-0.25, -0.2) is 0 Å². The summed E-state index contributed by atoms with van der Waals surface area (Å²) in [4.78, 5) is 9.66. The van der Waals surface area contributed by atoms with Gasteiger partial charge in [-0.05, 0) is 205 Å². The van der Waals surface area contributed by atoms with E-state index in [0.717, 1.165) is 51.7 Å². The minimum Gasteiger partial charge on any atom is -0.311 e. The van der Waals surface area contributed by atoms with Crippen molar-refractivity contribution < 1.29 is 0 Å². The molecule has 3 atom stereocenters. The molecule has 13 aromatic carbocycles. The maximum Gasteiger partial charge on any atom is 0.0714 e. The lowest BCUT2D eigenvalue weighted by Gasteiger charge is -2.35. The summed E-state index contributed by atoms with van der Waals surface area (Å²) in [5.41, 5.74) is 24.1. The first-order valence-corrected chi connectivity index (χ1v) is 33.9. The van der Waals surface area contributed by atoms with E-state index in [4.69, 9.17) is 0 Å². The molecule has 0 N–H and O–H groups in total. The predicted molar refractivity (Wildman–Crippen MR) is 397 cm³/mol. The molecule has 13 aromatic rings. The molecule has 0 saturated carbocycles. The number of allylic oxidation sites excluding steroid dienone is 3. The molecule has 3 aliphatic rings. The number of fused-ring (bicyclic) bond motifs is 6.